The molecule has 118 valence electrons. The molecule has 0 atom stereocenters. The second-order valence-corrected chi connectivity index (χ2v) is 6.21. The van der Waals surface area contributed by atoms with Crippen LogP contribution < -0.4 is 0 Å². The SMILES string of the molecule is COC(=O)c1ccc2c(C(=O)c3nc(C(C)C)cs3)c[nH]c2n1. The molecule has 1 N–H and O–H groups in total. The number of ketones is 1. The van der Waals surface area contributed by atoms with Crippen molar-refractivity contribution >= 4 is 34.1 Å². The van der Waals surface area contributed by atoms with Crippen LogP contribution >= 0.6 is 11.3 Å². The minimum Gasteiger partial charge on any atom is -0.464 e. The standard InChI is InChI=1S/C16H15N3O3S/c1-8(2)12-7-23-15(19-12)13(20)10-6-17-14-9(10)4-5-11(18-14)16(21)22-3/h4-8H,1-3H3,(H,17,18). The maximum Gasteiger partial charge on any atom is 0.356 e. The number of ether oxygens (including phenoxy) is 1. The van der Waals surface area contributed by atoms with E-state index in [-0.39, 0.29) is 17.4 Å². The maximum absolute atomic E-state index is 12.6. The number of thiazole rings is 1. The number of hydrogen-bond donors (Lipinski definition) is 1. The summed E-state index contributed by atoms with van der Waals surface area (Å²) < 4.78 is 4.64. The molecule has 0 fully saturated rings. The van der Waals surface area contributed by atoms with Crippen molar-refractivity contribution in [1.82, 2.24) is 15.0 Å². The summed E-state index contributed by atoms with van der Waals surface area (Å²) in [4.78, 5) is 35.6. The number of pyridine rings is 1. The van der Waals surface area contributed by atoms with Crippen LogP contribution in [0.2, 0.25) is 0 Å². The molecule has 0 aliphatic rings. The molecule has 0 spiro atoms. The molecule has 0 aliphatic carbocycles. The number of hydrogen-bond acceptors (Lipinski definition) is 6. The molecule has 0 amide bonds. The minimum absolute atomic E-state index is 0.152. The van der Waals surface area contributed by atoms with Crippen LogP contribution in [-0.4, -0.2) is 33.8 Å². The molecule has 0 saturated heterocycles. The molecule has 0 unspecified atom stereocenters. The van der Waals surface area contributed by atoms with Crippen molar-refractivity contribution in [2.75, 3.05) is 7.11 Å². The molecule has 0 aliphatic heterocycles. The van der Waals surface area contributed by atoms with Gasteiger partial charge in [0, 0.05) is 17.0 Å². The number of H-pyrrole nitrogens is 1. The van der Waals surface area contributed by atoms with Crippen LogP contribution in [0.15, 0.2) is 23.7 Å². The first-order chi connectivity index (χ1) is 11.0. The van der Waals surface area contributed by atoms with E-state index >= 15 is 0 Å². The number of esters is 1. The quantitative estimate of drug-likeness (QED) is 0.587. The fourth-order valence-electron chi connectivity index (χ4n) is 2.18. The molecule has 7 heteroatoms. The van der Waals surface area contributed by atoms with E-state index in [0.29, 0.717) is 21.6 Å². The average molecular weight is 329 g/mol. The zero-order valence-electron chi connectivity index (χ0n) is 12.9. The molecule has 3 aromatic rings. The van der Waals surface area contributed by atoms with E-state index in [1.54, 1.807) is 18.3 Å². The van der Waals surface area contributed by atoms with Crippen molar-refractivity contribution < 1.29 is 14.3 Å². The predicted molar refractivity (Wildman–Crippen MR) is 87.1 cm³/mol. The Bertz CT molecular complexity index is 895. The molecular formula is C16H15N3O3S. The van der Waals surface area contributed by atoms with Gasteiger partial charge in [-0.3, -0.25) is 4.79 Å². The molecule has 0 aromatic carbocycles. The monoisotopic (exact) mass is 329 g/mol. The summed E-state index contributed by atoms with van der Waals surface area (Å²) in [6.45, 7) is 4.07. The van der Waals surface area contributed by atoms with Crippen molar-refractivity contribution in [3.63, 3.8) is 0 Å². The highest BCUT2D eigenvalue weighted by Crippen LogP contribution is 2.24. The number of nitrogens with one attached hydrogen (secondary N) is 1. The minimum atomic E-state index is -0.518. The summed E-state index contributed by atoms with van der Waals surface area (Å²) in [7, 11) is 1.30. The van der Waals surface area contributed by atoms with E-state index in [4.69, 9.17) is 0 Å². The smallest absolute Gasteiger partial charge is 0.356 e. The van der Waals surface area contributed by atoms with Crippen LogP contribution in [0.3, 0.4) is 0 Å². The van der Waals surface area contributed by atoms with Gasteiger partial charge in [-0.15, -0.1) is 11.3 Å². The zero-order valence-corrected chi connectivity index (χ0v) is 13.7. The highest BCUT2D eigenvalue weighted by atomic mass is 32.1. The summed E-state index contributed by atoms with van der Waals surface area (Å²) in [5.41, 5.74) is 2.06. The number of aromatic nitrogens is 3. The number of carbonyl (C=O) groups is 2. The van der Waals surface area contributed by atoms with Gasteiger partial charge < -0.3 is 9.72 Å². The molecule has 3 heterocycles. The van der Waals surface area contributed by atoms with Crippen LogP contribution in [0.4, 0.5) is 0 Å². The number of methoxy groups -OCH3 is 1. The fourth-order valence-corrected chi connectivity index (χ4v) is 3.11. The third-order valence-electron chi connectivity index (χ3n) is 3.49. The van der Waals surface area contributed by atoms with Crippen molar-refractivity contribution in [3.8, 4) is 0 Å². The highest BCUT2D eigenvalue weighted by molar-refractivity contribution is 7.12. The van der Waals surface area contributed by atoms with Gasteiger partial charge in [0.05, 0.1) is 18.4 Å². The largest absolute Gasteiger partial charge is 0.464 e. The first kappa shape index (κ1) is 15.4. The Hall–Kier alpha value is -2.54. The summed E-state index contributed by atoms with van der Waals surface area (Å²) in [6.07, 6.45) is 1.59. The number of carbonyl (C=O) groups excluding carboxylic acids is 2. The zero-order chi connectivity index (χ0) is 16.6. The van der Waals surface area contributed by atoms with Gasteiger partial charge in [0.1, 0.15) is 5.65 Å². The summed E-state index contributed by atoms with van der Waals surface area (Å²) >= 11 is 1.34. The van der Waals surface area contributed by atoms with Crippen LogP contribution in [0.1, 0.15) is 51.3 Å². The second-order valence-electron chi connectivity index (χ2n) is 5.35. The average Bonchev–Trinajstić information content (AvgIpc) is 3.19. The van der Waals surface area contributed by atoms with Crippen molar-refractivity contribution in [3.05, 3.63) is 45.7 Å². The number of nitrogens with zero attached hydrogens (tertiary/aromatic N) is 2. The van der Waals surface area contributed by atoms with E-state index in [2.05, 4.69) is 19.7 Å². The topological polar surface area (TPSA) is 84.9 Å². The number of rotatable bonds is 4. The summed E-state index contributed by atoms with van der Waals surface area (Å²) in [6, 6.07) is 3.23. The van der Waals surface area contributed by atoms with Gasteiger partial charge in [0.2, 0.25) is 5.78 Å². The molecule has 3 rings (SSSR count). The molecule has 6 nitrogen and oxygen atoms in total. The summed E-state index contributed by atoms with van der Waals surface area (Å²) in [5, 5.41) is 3.01. The third kappa shape index (κ3) is 2.75. The molecule has 3 aromatic heterocycles. The molecule has 0 radical (unpaired) electrons. The normalized spacial score (nSPS) is 11.1. The van der Waals surface area contributed by atoms with Crippen molar-refractivity contribution in [2.45, 2.75) is 19.8 Å². The Morgan fingerprint density at radius 3 is 2.70 bits per heavy atom. The van der Waals surface area contributed by atoms with Gasteiger partial charge in [-0.2, -0.15) is 0 Å². The Morgan fingerprint density at radius 2 is 2.04 bits per heavy atom. The second kappa shape index (κ2) is 5.92. The number of fused-ring (bicyclic) bond motifs is 1. The molecule has 0 bridgehead atoms. The first-order valence-corrected chi connectivity index (χ1v) is 7.95. The van der Waals surface area contributed by atoms with Gasteiger partial charge in [-0.05, 0) is 18.1 Å². The van der Waals surface area contributed by atoms with Crippen LogP contribution in [0, 0.1) is 0 Å². The van der Waals surface area contributed by atoms with E-state index in [9.17, 15) is 9.59 Å². The van der Waals surface area contributed by atoms with Crippen molar-refractivity contribution in [2.24, 2.45) is 0 Å². The fraction of sp³-hybridized carbons (Fsp3) is 0.250. The molecule has 0 saturated carbocycles. The van der Waals surface area contributed by atoms with Gasteiger partial charge >= 0.3 is 5.97 Å². The maximum atomic E-state index is 12.6. The van der Waals surface area contributed by atoms with Gasteiger partial charge in [-0.1, -0.05) is 13.8 Å². The summed E-state index contributed by atoms with van der Waals surface area (Å²) in [5.74, 6) is -0.392. The lowest BCUT2D eigenvalue weighted by Crippen LogP contribution is -2.04. The Morgan fingerprint density at radius 1 is 1.26 bits per heavy atom. The van der Waals surface area contributed by atoms with E-state index in [1.807, 2.05) is 19.2 Å². The Balaban J connectivity index is 1.99. The van der Waals surface area contributed by atoms with Gasteiger partial charge in [-0.25, -0.2) is 14.8 Å². The van der Waals surface area contributed by atoms with Gasteiger partial charge in [0.25, 0.3) is 0 Å². The Labute approximate surface area is 136 Å². The number of aromatic amines is 1. The lowest BCUT2D eigenvalue weighted by Gasteiger charge is -1.99. The first-order valence-electron chi connectivity index (χ1n) is 7.07. The third-order valence-corrected chi connectivity index (χ3v) is 4.34. The highest BCUT2D eigenvalue weighted by Gasteiger charge is 2.20. The van der Waals surface area contributed by atoms with E-state index in [1.165, 1.54) is 18.4 Å². The van der Waals surface area contributed by atoms with Crippen LogP contribution in [0.25, 0.3) is 11.0 Å². The lowest BCUT2D eigenvalue weighted by atomic mass is 10.1. The van der Waals surface area contributed by atoms with E-state index in [0.717, 1.165) is 5.69 Å². The lowest BCUT2D eigenvalue weighted by molar-refractivity contribution is 0.0594. The molecule has 23 heavy (non-hydrogen) atoms. The van der Waals surface area contributed by atoms with E-state index < -0.39 is 5.97 Å². The predicted octanol–water partition coefficient (Wildman–Crippen LogP) is 3.16. The van der Waals surface area contributed by atoms with Gasteiger partial charge in [0.15, 0.2) is 10.7 Å². The van der Waals surface area contributed by atoms with Crippen molar-refractivity contribution in [1.29, 1.82) is 0 Å². The molecular weight excluding hydrogens is 314 g/mol. The Kier molecular flexibility index (Phi) is 3.96. The van der Waals surface area contributed by atoms with Crippen LogP contribution in [0.5, 0.6) is 0 Å². The van der Waals surface area contributed by atoms with Crippen LogP contribution in [-0.2, 0) is 4.74 Å².